The van der Waals surface area contributed by atoms with E-state index in [-0.39, 0.29) is 17.9 Å². The predicted octanol–water partition coefficient (Wildman–Crippen LogP) is 1.90. The number of hydrogen-bond donors (Lipinski definition) is 2. The molecule has 0 spiro atoms. The number of H-pyrrole nitrogens is 1. The highest BCUT2D eigenvalue weighted by molar-refractivity contribution is 7.99. The Morgan fingerprint density at radius 3 is 3.25 bits per heavy atom. The lowest BCUT2D eigenvalue weighted by molar-refractivity contribution is -0.129. The molecule has 0 bridgehead atoms. The second-order valence-corrected chi connectivity index (χ2v) is 6.47. The number of thiophene rings is 1. The minimum atomic E-state index is 0.134. The maximum atomic E-state index is 12.3. The highest BCUT2D eigenvalue weighted by atomic mass is 32.2. The Kier molecular flexibility index (Phi) is 3.93. The van der Waals surface area contributed by atoms with Crippen LogP contribution in [0, 0.1) is 0 Å². The molecule has 3 N–H and O–H groups in total. The fourth-order valence-electron chi connectivity index (χ4n) is 2.37. The van der Waals surface area contributed by atoms with Gasteiger partial charge < -0.3 is 10.6 Å². The van der Waals surface area contributed by atoms with E-state index in [1.165, 1.54) is 16.6 Å². The topological polar surface area (TPSA) is 87.9 Å². The van der Waals surface area contributed by atoms with Gasteiger partial charge in [-0.15, -0.1) is 16.4 Å². The number of carbonyl (C=O) groups is 1. The Balaban J connectivity index is 1.61. The van der Waals surface area contributed by atoms with Crippen LogP contribution >= 0.6 is 23.1 Å². The van der Waals surface area contributed by atoms with E-state index < -0.39 is 0 Å². The molecule has 0 radical (unpaired) electrons. The number of rotatable bonds is 4. The summed E-state index contributed by atoms with van der Waals surface area (Å²) in [4.78, 5) is 19.6. The van der Waals surface area contributed by atoms with Gasteiger partial charge in [-0.2, -0.15) is 4.98 Å². The number of aromatic nitrogens is 3. The molecular formula is C12H15N5OS2. The predicted molar refractivity (Wildman–Crippen MR) is 79.5 cm³/mol. The number of hydrogen-bond acceptors (Lipinski definition) is 6. The molecule has 6 nitrogen and oxygen atoms in total. The quantitative estimate of drug-likeness (QED) is 0.842. The highest BCUT2D eigenvalue weighted by Gasteiger charge is 2.30. The summed E-state index contributed by atoms with van der Waals surface area (Å²) in [6, 6.07) is 4.37. The second kappa shape index (κ2) is 5.84. The SMILES string of the molecule is Nc1nc(SCC(=O)N2CCCC2c2cccs2)n[nH]1. The van der Waals surface area contributed by atoms with Crippen molar-refractivity contribution in [3.05, 3.63) is 22.4 Å². The van der Waals surface area contributed by atoms with Crippen molar-refractivity contribution in [1.29, 1.82) is 0 Å². The van der Waals surface area contributed by atoms with Gasteiger partial charge in [0.1, 0.15) is 0 Å². The molecule has 1 aliphatic heterocycles. The van der Waals surface area contributed by atoms with E-state index in [9.17, 15) is 4.79 Å². The third kappa shape index (κ3) is 2.80. The second-order valence-electron chi connectivity index (χ2n) is 4.55. The summed E-state index contributed by atoms with van der Waals surface area (Å²) in [5.41, 5.74) is 5.46. The summed E-state index contributed by atoms with van der Waals surface area (Å²) in [5, 5.41) is 9.06. The van der Waals surface area contributed by atoms with Gasteiger partial charge in [-0.05, 0) is 24.3 Å². The Hall–Kier alpha value is -1.54. The number of nitrogens with one attached hydrogen (secondary N) is 1. The van der Waals surface area contributed by atoms with Crippen molar-refractivity contribution in [1.82, 2.24) is 20.1 Å². The molecule has 20 heavy (non-hydrogen) atoms. The number of nitrogens with zero attached hydrogens (tertiary/aromatic N) is 3. The molecule has 1 amide bonds. The number of likely N-dealkylation sites (tertiary alicyclic amines) is 1. The van der Waals surface area contributed by atoms with Crippen LogP contribution < -0.4 is 5.73 Å². The van der Waals surface area contributed by atoms with Crippen LogP contribution in [0.15, 0.2) is 22.7 Å². The Morgan fingerprint density at radius 1 is 1.65 bits per heavy atom. The van der Waals surface area contributed by atoms with Crippen LogP contribution in [0.2, 0.25) is 0 Å². The van der Waals surface area contributed by atoms with Gasteiger partial charge in [-0.1, -0.05) is 17.8 Å². The van der Waals surface area contributed by atoms with Crippen LogP contribution in [0.1, 0.15) is 23.8 Å². The maximum Gasteiger partial charge on any atom is 0.233 e. The zero-order chi connectivity index (χ0) is 13.9. The summed E-state index contributed by atoms with van der Waals surface area (Å²) in [7, 11) is 0. The van der Waals surface area contributed by atoms with Gasteiger partial charge >= 0.3 is 0 Å². The smallest absolute Gasteiger partial charge is 0.233 e. The van der Waals surface area contributed by atoms with E-state index in [0.29, 0.717) is 10.9 Å². The minimum Gasteiger partial charge on any atom is -0.368 e. The number of carbonyl (C=O) groups excluding carboxylic acids is 1. The van der Waals surface area contributed by atoms with Gasteiger partial charge in [-0.3, -0.25) is 4.79 Å². The molecule has 0 aliphatic carbocycles. The van der Waals surface area contributed by atoms with E-state index in [4.69, 9.17) is 5.73 Å². The van der Waals surface area contributed by atoms with E-state index >= 15 is 0 Å². The fourth-order valence-corrected chi connectivity index (χ4v) is 3.94. The van der Waals surface area contributed by atoms with Crippen LogP contribution in [-0.2, 0) is 4.79 Å². The molecule has 1 saturated heterocycles. The molecule has 3 heterocycles. The number of amides is 1. The number of anilines is 1. The number of nitrogen functional groups attached to an aromatic ring is 1. The van der Waals surface area contributed by atoms with Crippen LogP contribution in [0.5, 0.6) is 0 Å². The van der Waals surface area contributed by atoms with E-state index in [1.54, 1.807) is 11.3 Å². The number of thioether (sulfide) groups is 1. The number of aromatic amines is 1. The van der Waals surface area contributed by atoms with Gasteiger partial charge in [0.15, 0.2) is 0 Å². The molecule has 0 aromatic carbocycles. The van der Waals surface area contributed by atoms with Gasteiger partial charge in [-0.25, -0.2) is 5.10 Å². The Bertz CT molecular complexity index is 582. The van der Waals surface area contributed by atoms with Crippen molar-refractivity contribution in [2.75, 3.05) is 18.0 Å². The largest absolute Gasteiger partial charge is 0.368 e. The zero-order valence-corrected chi connectivity index (χ0v) is 12.4. The molecule has 3 rings (SSSR count). The zero-order valence-electron chi connectivity index (χ0n) is 10.8. The highest BCUT2D eigenvalue weighted by Crippen LogP contribution is 2.34. The van der Waals surface area contributed by atoms with Crippen molar-refractivity contribution in [3.63, 3.8) is 0 Å². The summed E-state index contributed by atoms with van der Waals surface area (Å²) in [6.45, 7) is 0.831. The monoisotopic (exact) mass is 309 g/mol. The van der Waals surface area contributed by atoms with Gasteiger partial charge in [0.05, 0.1) is 11.8 Å². The lowest BCUT2D eigenvalue weighted by atomic mass is 10.2. The summed E-state index contributed by atoms with van der Waals surface area (Å²) in [6.07, 6.45) is 2.11. The normalized spacial score (nSPS) is 18.6. The van der Waals surface area contributed by atoms with Gasteiger partial charge in [0.2, 0.25) is 17.0 Å². The van der Waals surface area contributed by atoms with Gasteiger partial charge in [0.25, 0.3) is 0 Å². The summed E-state index contributed by atoms with van der Waals surface area (Å²) in [5.74, 6) is 0.756. The van der Waals surface area contributed by atoms with Crippen LogP contribution in [0.3, 0.4) is 0 Å². The average molecular weight is 309 g/mol. The van der Waals surface area contributed by atoms with E-state index in [2.05, 4.69) is 26.6 Å². The van der Waals surface area contributed by atoms with Gasteiger partial charge in [0, 0.05) is 11.4 Å². The first kappa shape index (κ1) is 13.4. The van der Waals surface area contributed by atoms with Crippen molar-refractivity contribution < 1.29 is 4.79 Å². The summed E-state index contributed by atoms with van der Waals surface area (Å²) >= 11 is 3.03. The standard InChI is InChI=1S/C12H15N5OS2/c13-11-14-12(16-15-11)20-7-10(18)17-5-1-3-8(17)9-4-2-6-19-9/h2,4,6,8H,1,3,5,7H2,(H3,13,14,15,16). The lowest BCUT2D eigenvalue weighted by Crippen LogP contribution is -2.31. The Labute approximate surface area is 124 Å². The molecule has 1 atom stereocenters. The third-order valence-corrected chi connectivity index (χ3v) is 5.06. The first-order chi connectivity index (χ1) is 9.74. The van der Waals surface area contributed by atoms with E-state index in [0.717, 1.165) is 19.4 Å². The first-order valence-electron chi connectivity index (χ1n) is 6.37. The van der Waals surface area contributed by atoms with Crippen LogP contribution in [0.4, 0.5) is 5.95 Å². The van der Waals surface area contributed by atoms with E-state index in [1.807, 2.05) is 11.0 Å². The molecule has 1 fully saturated rings. The molecule has 8 heteroatoms. The van der Waals surface area contributed by atoms with Crippen molar-refractivity contribution in [2.45, 2.75) is 24.0 Å². The molecular weight excluding hydrogens is 294 g/mol. The van der Waals surface area contributed by atoms with Crippen LogP contribution in [-0.4, -0.2) is 38.3 Å². The molecule has 1 unspecified atom stereocenters. The van der Waals surface area contributed by atoms with Crippen molar-refractivity contribution in [2.24, 2.45) is 0 Å². The maximum absolute atomic E-state index is 12.3. The first-order valence-corrected chi connectivity index (χ1v) is 8.24. The molecule has 2 aromatic heterocycles. The average Bonchev–Trinajstić information content (AvgIpc) is 3.16. The number of nitrogens with two attached hydrogens (primary N) is 1. The third-order valence-electron chi connectivity index (χ3n) is 3.25. The Morgan fingerprint density at radius 2 is 2.55 bits per heavy atom. The lowest BCUT2D eigenvalue weighted by Gasteiger charge is -2.23. The molecule has 106 valence electrons. The molecule has 0 saturated carbocycles. The molecule has 1 aliphatic rings. The molecule has 2 aromatic rings. The summed E-state index contributed by atoms with van der Waals surface area (Å²) < 4.78 is 0. The minimum absolute atomic E-state index is 0.134. The van der Waals surface area contributed by atoms with Crippen molar-refractivity contribution in [3.8, 4) is 0 Å². The van der Waals surface area contributed by atoms with Crippen molar-refractivity contribution >= 4 is 35.0 Å². The fraction of sp³-hybridized carbons (Fsp3) is 0.417. The van der Waals surface area contributed by atoms with Crippen LogP contribution in [0.25, 0.3) is 0 Å².